The Labute approximate surface area is 881 Å². The van der Waals surface area contributed by atoms with Gasteiger partial charge in [-0.25, -0.2) is 0 Å². The summed E-state index contributed by atoms with van der Waals surface area (Å²) < 4.78 is 0. The summed E-state index contributed by atoms with van der Waals surface area (Å²) in [6, 6.07) is 164. The van der Waals surface area contributed by atoms with Crippen molar-refractivity contribution < 1.29 is 0 Å². The molecule has 0 aromatic heterocycles. The highest BCUT2D eigenvalue weighted by Crippen LogP contribution is 2.62. The Balaban J connectivity index is 1.13. The van der Waals surface area contributed by atoms with Gasteiger partial charge in [-0.15, -0.1) is 0 Å². The highest BCUT2D eigenvalue weighted by molar-refractivity contribution is 6.34. The van der Waals surface area contributed by atoms with Crippen LogP contribution >= 0.6 is 0 Å². The minimum atomic E-state index is -0.324. The molecule has 0 saturated carbocycles. The van der Waals surface area contributed by atoms with Crippen LogP contribution < -0.4 is 19.6 Å². The molecule has 0 aliphatic rings. The van der Waals surface area contributed by atoms with Crippen LogP contribution in [0.15, 0.2) is 425 Å². The van der Waals surface area contributed by atoms with Crippen molar-refractivity contribution in [2.75, 3.05) is 19.6 Å². The molecule has 0 bridgehead atoms. The molecule has 0 unspecified atom stereocenters. The predicted molar refractivity (Wildman–Crippen MR) is 642 cm³/mol. The number of nitrogens with zero attached hydrogens (tertiary/aromatic N) is 4. The van der Waals surface area contributed by atoms with E-state index in [1.165, 1.54) is 44.5 Å². The van der Waals surface area contributed by atoms with Crippen LogP contribution in [0.2, 0.25) is 0 Å². The van der Waals surface area contributed by atoms with E-state index in [9.17, 15) is 0 Å². The smallest absolute Gasteiger partial charge is 0.0618 e. The van der Waals surface area contributed by atoms with E-state index in [-0.39, 0.29) is 43.3 Å². The second-order valence-electron chi connectivity index (χ2n) is 49.1. The lowest BCUT2D eigenvalue weighted by Gasteiger charge is -2.38. The summed E-state index contributed by atoms with van der Waals surface area (Å²) in [5.74, 6) is 0. The number of rotatable bonds is 20. The molecule has 4 nitrogen and oxygen atoms in total. The molecule has 0 heterocycles. The molecule has 0 aliphatic carbocycles. The van der Waals surface area contributed by atoms with Crippen molar-refractivity contribution in [3.63, 3.8) is 0 Å². The summed E-state index contributed by atoms with van der Waals surface area (Å²) in [5.41, 5.74) is 37.1. The second kappa shape index (κ2) is 38.8. The zero-order valence-corrected chi connectivity index (χ0v) is 91.2. The zero-order chi connectivity index (χ0) is 104. The zero-order valence-electron chi connectivity index (χ0n) is 91.2. The van der Waals surface area contributed by atoms with Gasteiger partial charge in [-0.05, 0) is 193 Å². The van der Waals surface area contributed by atoms with E-state index >= 15 is 0 Å². The number of anilines is 12. The first-order chi connectivity index (χ1) is 70.5. The number of benzene rings is 20. The Bertz CT molecular complexity index is 6940. The van der Waals surface area contributed by atoms with E-state index in [1.54, 1.807) is 0 Å². The molecule has 0 aliphatic heterocycles. The molecule has 0 atom stereocenters. The summed E-state index contributed by atoms with van der Waals surface area (Å²) in [6.07, 6.45) is 0. The Morgan fingerprint density at radius 1 is 0.128 bits per heavy atom. The number of hydrogen-bond donors (Lipinski definition) is 0. The lowest BCUT2D eigenvalue weighted by Crippen LogP contribution is -2.22. The van der Waals surface area contributed by atoms with Crippen LogP contribution in [-0.2, 0) is 43.3 Å². The Morgan fingerprint density at radius 2 is 0.257 bits per heavy atom. The van der Waals surface area contributed by atoms with Crippen LogP contribution in [0.5, 0.6) is 0 Å². The molecule has 0 radical (unpaired) electrons. The van der Waals surface area contributed by atoms with Crippen molar-refractivity contribution in [3.8, 4) is 89.0 Å². The standard InChI is InChI=1S/C144H142N4/c1-137(2,3)103-81-104(138(4,5)6)86-111(85-103)145(133-115(95-53-33-25-34-54-95)69-49-70-116(133)96-55-35-26-36-56-96)127-93-128(146(112-87-105(139(7,8)9)82-106(88-112)140(10,11)12)134-117(97-57-37-27-38-58-97)71-50-72-118(134)98-59-39-28-40-60-98)124-79-80-126-130(148(114-91-109(143(19,20)21)84-110(92-114)144(22,23)24)136-121(101-65-45-31-46-66-101)75-52-76-122(136)102-67-47-32-48-68-102)94-129(125-78-77-123(127)131(124)132(125)126)147(113-89-107(141(13,14)15)83-108(90-113)142(16,17)18)135-119(99-61-41-29-42-62-99)73-51-74-120(135)100-63-43-30-44-64-100/h25-94H,1-24H3. The van der Waals surface area contributed by atoms with Crippen LogP contribution in [0.3, 0.4) is 0 Å². The molecule has 0 fully saturated rings. The average Bonchev–Trinajstić information content (AvgIpc) is 0.689. The van der Waals surface area contributed by atoms with Gasteiger partial charge < -0.3 is 19.6 Å². The summed E-state index contributed by atoms with van der Waals surface area (Å²) in [4.78, 5) is 11.0. The van der Waals surface area contributed by atoms with E-state index < -0.39 is 0 Å². The van der Waals surface area contributed by atoms with Gasteiger partial charge in [-0.3, -0.25) is 0 Å². The topological polar surface area (TPSA) is 13.0 Å². The van der Waals surface area contributed by atoms with Gasteiger partial charge in [0.05, 0.1) is 45.5 Å². The Hall–Kier alpha value is -15.4. The summed E-state index contributed by atoms with van der Waals surface area (Å²) in [5, 5.41) is 6.46. The third-order valence-corrected chi connectivity index (χ3v) is 30.1. The highest BCUT2D eigenvalue weighted by Gasteiger charge is 2.39. The molecule has 738 valence electrons. The fourth-order valence-corrected chi connectivity index (χ4v) is 21.6. The molecule has 20 rings (SSSR count). The van der Waals surface area contributed by atoms with Gasteiger partial charge in [0.1, 0.15) is 0 Å². The van der Waals surface area contributed by atoms with Gasteiger partial charge in [0.15, 0.2) is 0 Å². The van der Waals surface area contributed by atoms with Crippen molar-refractivity contribution in [1.29, 1.82) is 0 Å². The minimum absolute atomic E-state index is 0.324. The van der Waals surface area contributed by atoms with Crippen molar-refractivity contribution in [1.82, 2.24) is 0 Å². The first-order valence-corrected chi connectivity index (χ1v) is 53.1. The average molecular weight is 1930 g/mol. The van der Waals surface area contributed by atoms with Crippen molar-refractivity contribution in [2.24, 2.45) is 0 Å². The van der Waals surface area contributed by atoms with E-state index in [1.807, 2.05) is 0 Å². The minimum Gasteiger partial charge on any atom is -0.309 e. The monoisotopic (exact) mass is 1930 g/mol. The highest BCUT2D eigenvalue weighted by atomic mass is 15.2. The maximum absolute atomic E-state index is 2.75. The summed E-state index contributed by atoms with van der Waals surface area (Å²) in [6.45, 7) is 57.4. The fraction of sp³-hybridized carbons (Fsp3) is 0.222. The van der Waals surface area contributed by atoms with Crippen LogP contribution in [0.25, 0.3) is 121 Å². The lowest BCUT2D eigenvalue weighted by molar-refractivity contribution is 0.568. The molecule has 0 saturated heterocycles. The Kier molecular flexibility index (Phi) is 26.2. The summed E-state index contributed by atoms with van der Waals surface area (Å²) in [7, 11) is 0. The molecule has 0 spiro atoms. The quantitative estimate of drug-likeness (QED) is 0.0705. The van der Waals surface area contributed by atoms with Gasteiger partial charge >= 0.3 is 0 Å². The van der Waals surface area contributed by atoms with Crippen LogP contribution in [-0.4, -0.2) is 0 Å². The molecular weight excluding hydrogens is 1790 g/mol. The van der Waals surface area contributed by atoms with Crippen molar-refractivity contribution >= 4 is 101 Å². The van der Waals surface area contributed by atoms with Gasteiger partial charge in [0.25, 0.3) is 0 Å². The first kappa shape index (κ1) is 100.0. The number of hydrogen-bond acceptors (Lipinski definition) is 4. The normalized spacial score (nSPS) is 12.5. The maximum Gasteiger partial charge on any atom is 0.0618 e. The van der Waals surface area contributed by atoms with Gasteiger partial charge in [-0.2, -0.15) is 0 Å². The van der Waals surface area contributed by atoms with E-state index in [0.29, 0.717) is 0 Å². The van der Waals surface area contributed by atoms with Crippen LogP contribution in [0.4, 0.5) is 68.2 Å². The number of para-hydroxylation sites is 4. The molecule has 4 heteroatoms. The molecule has 20 aromatic carbocycles. The second-order valence-corrected chi connectivity index (χ2v) is 49.1. The van der Waals surface area contributed by atoms with Crippen molar-refractivity contribution in [3.05, 3.63) is 469 Å². The van der Waals surface area contributed by atoms with E-state index in [4.69, 9.17) is 0 Å². The van der Waals surface area contributed by atoms with Gasteiger partial charge in [-0.1, -0.05) is 530 Å². The van der Waals surface area contributed by atoms with E-state index in [2.05, 4.69) is 610 Å². The van der Waals surface area contributed by atoms with E-state index in [0.717, 1.165) is 190 Å². The van der Waals surface area contributed by atoms with Crippen LogP contribution in [0.1, 0.15) is 211 Å². The Morgan fingerprint density at radius 3 is 0.378 bits per heavy atom. The van der Waals surface area contributed by atoms with Gasteiger partial charge in [0.2, 0.25) is 0 Å². The fourth-order valence-electron chi connectivity index (χ4n) is 21.6. The predicted octanol–water partition coefficient (Wildman–Crippen LogP) is 42.2. The van der Waals surface area contributed by atoms with Crippen molar-refractivity contribution in [2.45, 2.75) is 209 Å². The first-order valence-electron chi connectivity index (χ1n) is 53.1. The SMILES string of the molecule is CC(C)(C)c1cc(N(c2c(-c3ccccc3)cccc2-c2ccccc2)c2cc(N(c3cc(C(C)(C)C)cc(C(C)(C)C)c3)c3c(-c4ccccc4)cccc3-c3ccccc3)c3ccc4c(N(c5cc(C(C)(C)C)cc(C(C)(C)C)c5)c5c(-c6ccccc6)cccc5-c5ccccc5)cc(N(c5cc(C(C)(C)C)cc(C(C)(C)C)c5)c5c(-c6ccccc6)cccc5-c5ccccc5)c5ccc2c3c54)cc(C(C)(C)C)c1. The third-order valence-electron chi connectivity index (χ3n) is 30.1. The molecule has 0 N–H and O–H groups in total. The molecule has 20 aromatic rings. The summed E-state index contributed by atoms with van der Waals surface area (Å²) >= 11 is 0. The maximum atomic E-state index is 2.75. The molecule has 0 amide bonds. The molecule has 148 heavy (non-hydrogen) atoms. The largest absolute Gasteiger partial charge is 0.309 e. The van der Waals surface area contributed by atoms with Gasteiger partial charge in [0, 0.05) is 99.6 Å². The van der Waals surface area contributed by atoms with Crippen LogP contribution in [0, 0.1) is 0 Å². The lowest BCUT2D eigenvalue weighted by atomic mass is 9.79. The molecular formula is C144H142N4. The third kappa shape index (κ3) is 19.6.